The van der Waals surface area contributed by atoms with Gasteiger partial charge in [-0.1, -0.05) is 6.08 Å². The summed E-state index contributed by atoms with van der Waals surface area (Å²) in [7, 11) is 0. The van der Waals surface area contributed by atoms with E-state index in [1.807, 2.05) is 0 Å². The van der Waals surface area contributed by atoms with Crippen molar-refractivity contribution < 1.29 is 103 Å². The molecule has 9 N–H and O–H groups in total. The number of hydrogen-bond donors (Lipinski definition) is 9. The number of carbonyl (C=O) groups excluding carboxylic acids is 3. The number of fused-ring (bicyclic) bond motifs is 1. The maximum atomic E-state index is 14.1. The summed E-state index contributed by atoms with van der Waals surface area (Å²) in [5.74, 6) is -5.68. The van der Waals surface area contributed by atoms with Gasteiger partial charge in [0.2, 0.25) is 18.9 Å². The second-order valence-electron chi connectivity index (χ2n) is 14.0. The van der Waals surface area contributed by atoms with Crippen molar-refractivity contribution in [2.75, 3.05) is 32.7 Å². The summed E-state index contributed by atoms with van der Waals surface area (Å²) < 4.78 is 50.9. The van der Waals surface area contributed by atoms with Crippen LogP contribution in [-0.2, 0) is 52.2 Å². The molecule has 0 radical (unpaired) electrons. The molecule has 7 rings (SSSR count). The SMILES string of the molecule is CSC(=O)OCC1=C[C@@H](O)[C@@H]2C(C(=O)O[C@H]3[C@H](O[C@@H]4OC=C5C(=O)O[C@@H]6C=C(CO)[C@@H]4[C@@H]56)O[C@H](CO)[C@@H](O)[C@@H]3O)=CO[C@@H](O[C@@H]3O[C@H](CO)[C@@H](O)[C@H](O)[C@H]3O)[C@H]12. The molecular weight excluding hydrogens is 776 g/mol. The van der Waals surface area contributed by atoms with Gasteiger partial charge in [-0.3, -0.25) is 0 Å². The number of ether oxygens (including phenoxy) is 9. The van der Waals surface area contributed by atoms with Crippen LogP contribution in [0.4, 0.5) is 4.79 Å². The van der Waals surface area contributed by atoms with Crippen LogP contribution in [0.3, 0.4) is 0 Å². The topological polar surface area (TPSA) is 316 Å². The Morgan fingerprint density at radius 3 is 2.02 bits per heavy atom. The fraction of sp³-hybridized carbons (Fsp3) is 0.676. The molecule has 0 spiro atoms. The van der Waals surface area contributed by atoms with Crippen molar-refractivity contribution in [3.8, 4) is 0 Å². The van der Waals surface area contributed by atoms with Crippen LogP contribution in [0.25, 0.3) is 0 Å². The van der Waals surface area contributed by atoms with Gasteiger partial charge in [0.15, 0.2) is 12.4 Å². The molecule has 310 valence electrons. The van der Waals surface area contributed by atoms with E-state index < -0.39 is 154 Å². The molecule has 21 nitrogen and oxygen atoms in total. The lowest BCUT2D eigenvalue weighted by atomic mass is 9.82. The molecule has 3 fully saturated rings. The zero-order chi connectivity index (χ0) is 40.2. The molecule has 0 aromatic heterocycles. The van der Waals surface area contributed by atoms with Gasteiger partial charge in [-0.05, 0) is 35.2 Å². The van der Waals surface area contributed by atoms with Crippen LogP contribution in [0.1, 0.15) is 0 Å². The number of aliphatic hydroxyl groups excluding tert-OH is 9. The van der Waals surface area contributed by atoms with Crippen molar-refractivity contribution in [3.05, 3.63) is 47.0 Å². The number of carbonyl (C=O) groups is 3. The van der Waals surface area contributed by atoms with E-state index in [9.17, 15) is 60.3 Å². The van der Waals surface area contributed by atoms with E-state index in [0.29, 0.717) is 5.57 Å². The summed E-state index contributed by atoms with van der Waals surface area (Å²) in [5, 5.41) is 93.4. The number of esters is 2. The van der Waals surface area contributed by atoms with Gasteiger partial charge < -0.3 is 88.6 Å². The van der Waals surface area contributed by atoms with Crippen LogP contribution in [-0.4, -0.2) is 182 Å². The maximum absolute atomic E-state index is 14.1. The minimum atomic E-state index is -1.94. The fourth-order valence-electron chi connectivity index (χ4n) is 8.11. The Morgan fingerprint density at radius 1 is 0.732 bits per heavy atom. The number of thioether (sulfide) groups is 1. The number of hydrogen-bond acceptors (Lipinski definition) is 22. The van der Waals surface area contributed by atoms with E-state index in [2.05, 4.69) is 0 Å². The summed E-state index contributed by atoms with van der Waals surface area (Å²) in [4.78, 5) is 38.5. The average molecular weight is 819 g/mol. The summed E-state index contributed by atoms with van der Waals surface area (Å²) in [6.07, 6.45) is -15.9. The van der Waals surface area contributed by atoms with Gasteiger partial charge in [0.1, 0.15) is 55.4 Å². The van der Waals surface area contributed by atoms with Crippen molar-refractivity contribution in [1.82, 2.24) is 0 Å². The van der Waals surface area contributed by atoms with Gasteiger partial charge >= 0.3 is 17.2 Å². The van der Waals surface area contributed by atoms with Gasteiger partial charge in [0, 0.05) is 11.8 Å². The first-order valence-electron chi connectivity index (χ1n) is 17.6. The Kier molecular flexibility index (Phi) is 12.1. The predicted molar refractivity (Wildman–Crippen MR) is 177 cm³/mol. The van der Waals surface area contributed by atoms with Crippen molar-refractivity contribution >= 4 is 29.0 Å². The first-order chi connectivity index (χ1) is 26.8. The summed E-state index contributed by atoms with van der Waals surface area (Å²) in [5.41, 5.74) is 0.454. The van der Waals surface area contributed by atoms with Crippen molar-refractivity contribution in [2.45, 2.75) is 86.2 Å². The molecule has 56 heavy (non-hydrogen) atoms. The highest BCUT2D eigenvalue weighted by atomic mass is 32.2. The molecule has 18 atom stereocenters. The molecule has 5 aliphatic heterocycles. The Bertz CT molecular complexity index is 1650. The van der Waals surface area contributed by atoms with E-state index in [1.54, 1.807) is 6.08 Å². The van der Waals surface area contributed by atoms with Crippen LogP contribution >= 0.6 is 11.8 Å². The van der Waals surface area contributed by atoms with E-state index in [1.165, 1.54) is 12.3 Å². The van der Waals surface area contributed by atoms with E-state index >= 15 is 0 Å². The lowest BCUT2D eigenvalue weighted by Crippen LogP contribution is -2.61. The van der Waals surface area contributed by atoms with Crippen LogP contribution in [0.2, 0.25) is 0 Å². The Morgan fingerprint density at radius 2 is 1.36 bits per heavy atom. The van der Waals surface area contributed by atoms with E-state index in [4.69, 9.17) is 42.6 Å². The van der Waals surface area contributed by atoms with Crippen molar-refractivity contribution in [1.29, 1.82) is 0 Å². The minimum Gasteiger partial charge on any atom is -0.471 e. The molecule has 0 saturated carbocycles. The largest absolute Gasteiger partial charge is 0.471 e. The number of rotatable bonds is 11. The predicted octanol–water partition coefficient (Wildman–Crippen LogP) is -4.23. The quantitative estimate of drug-likeness (QED) is 0.0542. The molecule has 7 aliphatic rings. The number of aliphatic hydroxyl groups is 9. The van der Waals surface area contributed by atoms with Gasteiger partial charge in [-0.25, -0.2) is 14.4 Å². The molecule has 0 amide bonds. The van der Waals surface area contributed by atoms with Crippen LogP contribution in [0, 0.1) is 23.7 Å². The maximum Gasteiger partial charge on any atom is 0.367 e. The standard InChI is InChI=1S/C34H42O21S/c1-56-34(46)49-7-11-2-14(38)20-12(8-47-31(19(11)20)54-32-26(43)24(41)22(39)16(5-36)51-32)29(45)53-27-25(42)23(40)17(6-37)52-33(27)55-30-18-10(4-35)3-15-21(18)13(9-48-30)28(44)50-15/h2-3,8-9,14-27,30-33,35-43H,4-7H2,1H3/t14-,15-,16-,17-,18-,19-,20+,21+,22-,23-,24+,25+,26-,27-,30+,31+,32+,33+/m1/s1. The van der Waals surface area contributed by atoms with Gasteiger partial charge in [0.25, 0.3) is 0 Å². The normalized spacial score (nSPS) is 43.9. The third-order valence-electron chi connectivity index (χ3n) is 11.0. The molecule has 0 aromatic carbocycles. The molecule has 3 saturated heterocycles. The van der Waals surface area contributed by atoms with Crippen molar-refractivity contribution in [2.24, 2.45) is 23.7 Å². The fourth-order valence-corrected chi connectivity index (χ4v) is 8.29. The highest BCUT2D eigenvalue weighted by Crippen LogP contribution is 2.50. The Balaban J connectivity index is 1.14. The minimum absolute atomic E-state index is 0.195. The lowest BCUT2D eigenvalue weighted by molar-refractivity contribution is -0.342. The third kappa shape index (κ3) is 7.25. The van der Waals surface area contributed by atoms with Crippen molar-refractivity contribution in [3.63, 3.8) is 0 Å². The summed E-state index contributed by atoms with van der Waals surface area (Å²) >= 11 is 0.761. The smallest absolute Gasteiger partial charge is 0.367 e. The summed E-state index contributed by atoms with van der Waals surface area (Å²) in [6, 6.07) is 0. The van der Waals surface area contributed by atoms with Gasteiger partial charge in [-0.2, -0.15) is 0 Å². The molecule has 2 aliphatic carbocycles. The second kappa shape index (κ2) is 16.6. The Labute approximate surface area is 321 Å². The summed E-state index contributed by atoms with van der Waals surface area (Å²) in [6.45, 7) is -2.43. The van der Waals surface area contributed by atoms with Crippen LogP contribution in [0.5, 0.6) is 0 Å². The van der Waals surface area contributed by atoms with Gasteiger partial charge in [0.05, 0.1) is 61.4 Å². The third-order valence-corrected chi connectivity index (χ3v) is 11.4. The first kappa shape index (κ1) is 41.0. The average Bonchev–Trinajstić information content (AvgIpc) is 3.84. The molecule has 0 bridgehead atoms. The highest BCUT2D eigenvalue weighted by Gasteiger charge is 2.58. The molecule has 0 unspecified atom stereocenters. The lowest BCUT2D eigenvalue weighted by Gasteiger charge is -2.44. The first-order valence-corrected chi connectivity index (χ1v) is 18.8. The molecule has 22 heteroatoms. The monoisotopic (exact) mass is 818 g/mol. The second-order valence-corrected chi connectivity index (χ2v) is 14.8. The molecule has 5 heterocycles. The zero-order valence-electron chi connectivity index (χ0n) is 29.4. The van der Waals surface area contributed by atoms with Crippen LogP contribution in [0.15, 0.2) is 47.0 Å². The Hall–Kier alpha value is -3.20. The van der Waals surface area contributed by atoms with Crippen LogP contribution < -0.4 is 0 Å². The highest BCUT2D eigenvalue weighted by molar-refractivity contribution is 8.12. The zero-order valence-corrected chi connectivity index (χ0v) is 30.2. The molecule has 0 aromatic rings. The van der Waals surface area contributed by atoms with E-state index in [0.717, 1.165) is 24.3 Å². The molecular formula is C34H42O21S. The van der Waals surface area contributed by atoms with E-state index in [-0.39, 0.29) is 16.7 Å². The van der Waals surface area contributed by atoms with Gasteiger partial charge in [-0.15, -0.1) is 0 Å².